The number of hydrogen-bond acceptors (Lipinski definition) is 4. The third-order valence-electron chi connectivity index (χ3n) is 3.05. The van der Waals surface area contributed by atoms with Crippen LogP contribution in [0, 0.1) is 12.7 Å². The molecule has 1 aromatic heterocycles. The van der Waals surface area contributed by atoms with Gasteiger partial charge in [-0.1, -0.05) is 44.7 Å². The Balaban J connectivity index is 2.50. The minimum atomic E-state index is -0.233. The van der Waals surface area contributed by atoms with E-state index in [0.717, 1.165) is 22.2 Å². The highest BCUT2D eigenvalue weighted by Crippen LogP contribution is 2.34. The van der Waals surface area contributed by atoms with Gasteiger partial charge in [0.15, 0.2) is 0 Å². The van der Waals surface area contributed by atoms with Crippen molar-refractivity contribution in [3.63, 3.8) is 0 Å². The first-order chi connectivity index (χ1) is 9.82. The number of aromatic nitrogens is 2. The summed E-state index contributed by atoms with van der Waals surface area (Å²) in [6.07, 6.45) is 0. The highest BCUT2D eigenvalue weighted by Gasteiger charge is 2.21. The minimum Gasteiger partial charge on any atom is -0.373 e. The second kappa shape index (κ2) is 6.02. The van der Waals surface area contributed by atoms with Gasteiger partial charge in [0.05, 0.1) is 0 Å². The Morgan fingerprint density at radius 3 is 2.38 bits per heavy atom. The summed E-state index contributed by atoms with van der Waals surface area (Å²) >= 11 is 1.33. The number of hydrogen-bond donors (Lipinski definition) is 1. The van der Waals surface area contributed by atoms with Gasteiger partial charge in [0.1, 0.15) is 22.5 Å². The van der Waals surface area contributed by atoms with Gasteiger partial charge in [0, 0.05) is 22.9 Å². The summed E-state index contributed by atoms with van der Waals surface area (Å²) in [6.45, 7) is 8.14. The molecule has 0 amide bonds. The fourth-order valence-corrected chi connectivity index (χ4v) is 2.71. The molecule has 0 bridgehead atoms. The lowest BCUT2D eigenvalue weighted by Gasteiger charge is -2.20. The van der Waals surface area contributed by atoms with Gasteiger partial charge in [-0.3, -0.25) is 0 Å². The maximum absolute atomic E-state index is 13.8. The zero-order valence-electron chi connectivity index (χ0n) is 13.0. The van der Waals surface area contributed by atoms with Crippen LogP contribution in [0.25, 0.3) is 0 Å². The Labute approximate surface area is 129 Å². The summed E-state index contributed by atoms with van der Waals surface area (Å²) in [7, 11) is 1.83. The van der Waals surface area contributed by atoms with Crippen LogP contribution in [0.3, 0.4) is 0 Å². The first-order valence-corrected chi connectivity index (χ1v) is 7.64. The molecule has 0 saturated carbocycles. The van der Waals surface area contributed by atoms with Crippen molar-refractivity contribution in [3.05, 3.63) is 41.5 Å². The lowest BCUT2D eigenvalue weighted by atomic mass is 9.95. The zero-order valence-corrected chi connectivity index (χ0v) is 13.8. The van der Waals surface area contributed by atoms with Crippen LogP contribution < -0.4 is 5.32 Å². The third-order valence-corrected chi connectivity index (χ3v) is 4.19. The molecule has 2 aromatic rings. The maximum Gasteiger partial charge on any atom is 0.137 e. The van der Waals surface area contributed by atoms with Crippen molar-refractivity contribution in [2.24, 2.45) is 0 Å². The van der Waals surface area contributed by atoms with Crippen LogP contribution in [0.5, 0.6) is 0 Å². The van der Waals surface area contributed by atoms with E-state index in [-0.39, 0.29) is 11.2 Å². The molecule has 2 rings (SSSR count). The number of rotatable bonds is 3. The van der Waals surface area contributed by atoms with Crippen LogP contribution in [0.15, 0.2) is 34.2 Å². The lowest BCUT2D eigenvalue weighted by molar-refractivity contribution is 0.538. The van der Waals surface area contributed by atoms with E-state index in [9.17, 15) is 4.39 Å². The smallest absolute Gasteiger partial charge is 0.137 e. The Morgan fingerprint density at radius 2 is 1.81 bits per heavy atom. The van der Waals surface area contributed by atoms with Gasteiger partial charge in [-0.05, 0) is 19.1 Å². The van der Waals surface area contributed by atoms with Crippen molar-refractivity contribution in [3.8, 4) is 0 Å². The van der Waals surface area contributed by atoms with Crippen LogP contribution in [-0.4, -0.2) is 17.0 Å². The normalized spacial score (nSPS) is 11.5. The molecule has 0 aliphatic rings. The number of anilines is 1. The summed E-state index contributed by atoms with van der Waals surface area (Å²) < 4.78 is 13.8. The maximum atomic E-state index is 13.8. The van der Waals surface area contributed by atoms with Gasteiger partial charge in [-0.15, -0.1) is 0 Å². The summed E-state index contributed by atoms with van der Waals surface area (Å²) in [5, 5.41) is 3.87. The highest BCUT2D eigenvalue weighted by atomic mass is 32.2. The molecule has 0 spiro atoms. The van der Waals surface area contributed by atoms with Gasteiger partial charge < -0.3 is 5.32 Å². The van der Waals surface area contributed by atoms with Gasteiger partial charge in [-0.25, -0.2) is 14.4 Å². The first kappa shape index (κ1) is 15.8. The molecule has 0 atom stereocenters. The summed E-state index contributed by atoms with van der Waals surface area (Å²) in [4.78, 5) is 9.76. The van der Waals surface area contributed by atoms with Crippen molar-refractivity contribution in [2.75, 3.05) is 12.4 Å². The van der Waals surface area contributed by atoms with E-state index in [2.05, 4.69) is 36.1 Å². The van der Waals surface area contributed by atoms with Crippen LogP contribution in [-0.2, 0) is 5.41 Å². The van der Waals surface area contributed by atoms with Crippen molar-refractivity contribution < 1.29 is 4.39 Å². The highest BCUT2D eigenvalue weighted by molar-refractivity contribution is 7.99. The third kappa shape index (κ3) is 3.53. The topological polar surface area (TPSA) is 37.8 Å². The van der Waals surface area contributed by atoms with Crippen LogP contribution in [0.1, 0.15) is 32.2 Å². The molecule has 0 aliphatic carbocycles. The van der Waals surface area contributed by atoms with Gasteiger partial charge in [-0.2, -0.15) is 0 Å². The second-order valence-corrected chi connectivity index (χ2v) is 6.89. The molecular formula is C16H20FN3S. The van der Waals surface area contributed by atoms with Crippen LogP contribution >= 0.6 is 11.8 Å². The standard InChI is InChI=1S/C16H20FN3S/c1-10-13(18-5)19-15(16(2,3)4)20-14(10)21-12-9-7-6-8-11(12)17/h6-9H,1-5H3,(H,18,19,20). The molecule has 21 heavy (non-hydrogen) atoms. The molecule has 3 nitrogen and oxygen atoms in total. The van der Waals surface area contributed by atoms with E-state index in [1.807, 2.05) is 20.0 Å². The van der Waals surface area contributed by atoms with E-state index in [0.29, 0.717) is 4.90 Å². The molecule has 0 saturated heterocycles. The molecule has 0 unspecified atom stereocenters. The SMILES string of the molecule is CNc1nc(C(C)(C)C)nc(Sc2ccccc2F)c1C. The van der Waals surface area contributed by atoms with E-state index < -0.39 is 0 Å². The Bertz CT molecular complexity index is 650. The zero-order chi connectivity index (χ0) is 15.6. The van der Waals surface area contributed by atoms with Crippen molar-refractivity contribution in [1.82, 2.24) is 9.97 Å². The van der Waals surface area contributed by atoms with Gasteiger partial charge >= 0.3 is 0 Å². The summed E-state index contributed by atoms with van der Waals surface area (Å²) in [6, 6.07) is 6.73. The number of benzene rings is 1. The lowest BCUT2D eigenvalue weighted by Crippen LogP contribution is -2.18. The monoisotopic (exact) mass is 305 g/mol. The molecule has 0 aliphatic heterocycles. The van der Waals surface area contributed by atoms with Crippen molar-refractivity contribution in [1.29, 1.82) is 0 Å². The molecule has 0 fully saturated rings. The van der Waals surface area contributed by atoms with E-state index >= 15 is 0 Å². The Hall–Kier alpha value is -1.62. The van der Waals surface area contributed by atoms with E-state index in [1.54, 1.807) is 12.1 Å². The van der Waals surface area contributed by atoms with Crippen molar-refractivity contribution >= 4 is 17.6 Å². The minimum absolute atomic E-state index is 0.163. The summed E-state index contributed by atoms with van der Waals surface area (Å²) in [5.74, 6) is 1.30. The molecule has 1 N–H and O–H groups in total. The largest absolute Gasteiger partial charge is 0.373 e. The predicted molar refractivity (Wildman–Crippen MR) is 85.5 cm³/mol. The molecule has 0 radical (unpaired) electrons. The predicted octanol–water partition coefficient (Wildman–Crippen LogP) is 4.41. The quantitative estimate of drug-likeness (QED) is 0.852. The molecule has 1 aromatic carbocycles. The summed E-state index contributed by atoms with van der Waals surface area (Å²) in [5.41, 5.74) is 0.767. The van der Waals surface area contributed by atoms with E-state index in [4.69, 9.17) is 0 Å². The van der Waals surface area contributed by atoms with E-state index in [1.165, 1.54) is 17.8 Å². The molecule has 112 valence electrons. The Kier molecular flexibility index (Phi) is 4.52. The number of nitrogens with zero attached hydrogens (tertiary/aromatic N) is 2. The Morgan fingerprint density at radius 1 is 1.14 bits per heavy atom. The average molecular weight is 305 g/mol. The van der Waals surface area contributed by atoms with Crippen LogP contribution in [0.2, 0.25) is 0 Å². The van der Waals surface area contributed by atoms with Crippen LogP contribution in [0.4, 0.5) is 10.2 Å². The van der Waals surface area contributed by atoms with Gasteiger partial charge in [0.2, 0.25) is 0 Å². The fraction of sp³-hybridized carbons (Fsp3) is 0.375. The fourth-order valence-electron chi connectivity index (χ4n) is 1.81. The average Bonchev–Trinajstić information content (AvgIpc) is 2.42. The number of halogens is 1. The molecular weight excluding hydrogens is 285 g/mol. The van der Waals surface area contributed by atoms with Gasteiger partial charge in [0.25, 0.3) is 0 Å². The number of nitrogens with one attached hydrogen (secondary N) is 1. The first-order valence-electron chi connectivity index (χ1n) is 6.82. The molecule has 1 heterocycles. The second-order valence-electron chi connectivity index (χ2n) is 5.86. The molecule has 5 heteroatoms. The van der Waals surface area contributed by atoms with Crippen molar-refractivity contribution in [2.45, 2.75) is 43.0 Å².